The van der Waals surface area contributed by atoms with Crippen LogP contribution in [0.4, 0.5) is 0 Å². The van der Waals surface area contributed by atoms with E-state index in [1.807, 2.05) is 12.1 Å². The lowest BCUT2D eigenvalue weighted by Crippen LogP contribution is -2.42. The summed E-state index contributed by atoms with van der Waals surface area (Å²) in [5.74, 6) is 0.882. The largest absolute Gasteiger partial charge is 0.497 e. The molecule has 3 heteroatoms. The van der Waals surface area contributed by atoms with Crippen molar-refractivity contribution in [2.24, 2.45) is 0 Å². The summed E-state index contributed by atoms with van der Waals surface area (Å²) in [7, 11) is 1.69. The number of hydrogen-bond acceptors (Lipinski definition) is 3. The van der Waals surface area contributed by atoms with E-state index >= 15 is 0 Å². The van der Waals surface area contributed by atoms with Crippen molar-refractivity contribution in [3.8, 4) is 5.75 Å². The average Bonchev–Trinajstić information content (AvgIpc) is 2.83. The molecular formula is C28H41NO2. The van der Waals surface area contributed by atoms with Crippen LogP contribution in [0.25, 0.3) is 0 Å². The number of rotatable bonds is 12. The molecule has 0 radical (unpaired) electrons. The highest BCUT2D eigenvalue weighted by Crippen LogP contribution is 2.42. The number of piperidine rings is 1. The zero-order valence-corrected chi connectivity index (χ0v) is 19.6. The Labute approximate surface area is 189 Å². The van der Waals surface area contributed by atoms with E-state index in [1.54, 1.807) is 7.11 Å². The lowest BCUT2D eigenvalue weighted by molar-refractivity contribution is -0.0168. The molecule has 31 heavy (non-hydrogen) atoms. The Balaban J connectivity index is 1.91. The summed E-state index contributed by atoms with van der Waals surface area (Å²) in [4.78, 5) is 2.56. The molecule has 1 heterocycles. The minimum Gasteiger partial charge on any atom is -0.497 e. The SMILES string of the molecule is CCCCCCCC(O)(c1ccc(OC)cc1)C(CN1CCCCC1)c1ccccc1. The Bertz CT molecular complexity index is 739. The first-order chi connectivity index (χ1) is 15.2. The quantitative estimate of drug-likeness (QED) is 0.395. The van der Waals surface area contributed by atoms with Crippen molar-refractivity contribution in [3.63, 3.8) is 0 Å². The number of hydrogen-bond donors (Lipinski definition) is 1. The molecule has 2 atom stereocenters. The van der Waals surface area contributed by atoms with Crippen molar-refractivity contribution in [3.05, 3.63) is 65.7 Å². The van der Waals surface area contributed by atoms with Gasteiger partial charge in [0.05, 0.1) is 12.7 Å². The Morgan fingerprint density at radius 2 is 1.58 bits per heavy atom. The van der Waals surface area contributed by atoms with Gasteiger partial charge in [-0.15, -0.1) is 0 Å². The van der Waals surface area contributed by atoms with E-state index in [2.05, 4.69) is 54.3 Å². The number of likely N-dealkylation sites (tertiary alicyclic amines) is 1. The maximum absolute atomic E-state index is 12.4. The molecule has 0 spiro atoms. The van der Waals surface area contributed by atoms with Gasteiger partial charge in [0.2, 0.25) is 0 Å². The normalized spacial score (nSPS) is 17.8. The fourth-order valence-electron chi connectivity index (χ4n) is 5.02. The van der Waals surface area contributed by atoms with Crippen molar-refractivity contribution < 1.29 is 9.84 Å². The van der Waals surface area contributed by atoms with Crippen LogP contribution >= 0.6 is 0 Å². The highest BCUT2D eigenvalue weighted by Gasteiger charge is 2.40. The first-order valence-electron chi connectivity index (χ1n) is 12.3. The average molecular weight is 424 g/mol. The summed E-state index contributed by atoms with van der Waals surface area (Å²) in [5, 5.41) is 12.4. The third-order valence-electron chi connectivity index (χ3n) is 6.92. The van der Waals surface area contributed by atoms with E-state index in [1.165, 1.54) is 50.5 Å². The van der Waals surface area contributed by atoms with Crippen LogP contribution in [-0.4, -0.2) is 36.8 Å². The second kappa shape index (κ2) is 12.3. The molecule has 0 aromatic heterocycles. The van der Waals surface area contributed by atoms with Gasteiger partial charge in [0, 0.05) is 12.5 Å². The fraction of sp³-hybridized carbons (Fsp3) is 0.571. The lowest BCUT2D eigenvalue weighted by Gasteiger charge is -2.41. The molecule has 1 saturated heterocycles. The number of ether oxygens (including phenoxy) is 1. The molecule has 0 saturated carbocycles. The molecule has 1 N–H and O–H groups in total. The van der Waals surface area contributed by atoms with Crippen LogP contribution in [0.2, 0.25) is 0 Å². The van der Waals surface area contributed by atoms with Gasteiger partial charge in [0.15, 0.2) is 0 Å². The highest BCUT2D eigenvalue weighted by atomic mass is 16.5. The number of aliphatic hydroxyl groups is 1. The van der Waals surface area contributed by atoms with E-state index < -0.39 is 5.60 Å². The smallest absolute Gasteiger partial charge is 0.118 e. The number of unbranched alkanes of at least 4 members (excludes halogenated alkanes) is 4. The molecule has 0 amide bonds. The number of methoxy groups -OCH3 is 1. The van der Waals surface area contributed by atoms with Crippen molar-refractivity contribution in [2.75, 3.05) is 26.7 Å². The van der Waals surface area contributed by atoms with Gasteiger partial charge in [-0.05, 0) is 55.6 Å². The number of benzene rings is 2. The summed E-state index contributed by atoms with van der Waals surface area (Å²) in [6.07, 6.45) is 10.6. The topological polar surface area (TPSA) is 32.7 Å². The molecule has 2 aromatic carbocycles. The minimum absolute atomic E-state index is 0.0476. The first kappa shape index (κ1) is 23.8. The van der Waals surface area contributed by atoms with Gasteiger partial charge in [-0.25, -0.2) is 0 Å². The summed E-state index contributed by atoms with van der Waals surface area (Å²) in [5.41, 5.74) is 1.35. The van der Waals surface area contributed by atoms with E-state index in [4.69, 9.17) is 4.74 Å². The Morgan fingerprint density at radius 1 is 0.903 bits per heavy atom. The molecule has 2 unspecified atom stereocenters. The molecule has 1 aliphatic heterocycles. The van der Waals surface area contributed by atoms with E-state index in [0.29, 0.717) is 0 Å². The fourth-order valence-corrected chi connectivity index (χ4v) is 5.02. The van der Waals surface area contributed by atoms with Gasteiger partial charge in [0.1, 0.15) is 5.75 Å². The second-order valence-corrected chi connectivity index (χ2v) is 9.14. The van der Waals surface area contributed by atoms with Gasteiger partial charge in [-0.3, -0.25) is 0 Å². The first-order valence-corrected chi connectivity index (χ1v) is 12.3. The summed E-state index contributed by atoms with van der Waals surface area (Å²) < 4.78 is 5.38. The van der Waals surface area contributed by atoms with Gasteiger partial charge < -0.3 is 14.7 Å². The van der Waals surface area contributed by atoms with Crippen LogP contribution in [0.3, 0.4) is 0 Å². The molecule has 2 aromatic rings. The molecule has 3 nitrogen and oxygen atoms in total. The minimum atomic E-state index is -0.892. The van der Waals surface area contributed by atoms with Crippen LogP contribution in [0, 0.1) is 0 Å². The standard InChI is InChI=1S/C28H41NO2/c1-3-4-5-6-11-20-28(30,25-16-18-26(31-2)19-17-25)27(24-14-9-7-10-15-24)23-29-21-12-8-13-22-29/h7,9-10,14-19,27,30H,3-6,8,11-13,20-23H2,1-2H3. The Kier molecular flexibility index (Phi) is 9.42. The zero-order valence-electron chi connectivity index (χ0n) is 19.6. The predicted molar refractivity (Wildman–Crippen MR) is 130 cm³/mol. The third kappa shape index (κ3) is 6.57. The molecule has 1 aliphatic rings. The van der Waals surface area contributed by atoms with Gasteiger partial charge in [0.25, 0.3) is 0 Å². The van der Waals surface area contributed by atoms with Crippen molar-refractivity contribution in [1.29, 1.82) is 0 Å². The van der Waals surface area contributed by atoms with Crippen LogP contribution in [0.1, 0.15) is 81.8 Å². The molecule has 1 fully saturated rings. The molecule has 170 valence electrons. The highest BCUT2D eigenvalue weighted by molar-refractivity contribution is 5.35. The predicted octanol–water partition coefficient (Wildman–Crippen LogP) is 6.51. The molecule has 0 bridgehead atoms. The van der Waals surface area contributed by atoms with Crippen molar-refractivity contribution in [1.82, 2.24) is 4.90 Å². The third-order valence-corrected chi connectivity index (χ3v) is 6.92. The van der Waals surface area contributed by atoms with Crippen LogP contribution in [0.5, 0.6) is 5.75 Å². The summed E-state index contributed by atoms with van der Waals surface area (Å²) in [6, 6.07) is 18.8. The maximum atomic E-state index is 12.4. The van der Waals surface area contributed by atoms with Crippen LogP contribution in [0.15, 0.2) is 54.6 Å². The summed E-state index contributed by atoms with van der Waals surface area (Å²) >= 11 is 0. The second-order valence-electron chi connectivity index (χ2n) is 9.14. The van der Waals surface area contributed by atoms with E-state index in [9.17, 15) is 5.11 Å². The Hall–Kier alpha value is -1.84. The van der Waals surface area contributed by atoms with Crippen molar-refractivity contribution in [2.45, 2.75) is 76.2 Å². The van der Waals surface area contributed by atoms with E-state index in [-0.39, 0.29) is 5.92 Å². The van der Waals surface area contributed by atoms with Crippen LogP contribution in [-0.2, 0) is 5.60 Å². The number of nitrogens with zero attached hydrogens (tertiary/aromatic N) is 1. The lowest BCUT2D eigenvalue weighted by atomic mass is 9.73. The summed E-state index contributed by atoms with van der Waals surface area (Å²) in [6.45, 7) is 5.43. The Morgan fingerprint density at radius 3 is 2.23 bits per heavy atom. The van der Waals surface area contributed by atoms with Gasteiger partial charge in [-0.2, -0.15) is 0 Å². The van der Waals surface area contributed by atoms with E-state index in [0.717, 1.165) is 43.8 Å². The van der Waals surface area contributed by atoms with Gasteiger partial charge in [-0.1, -0.05) is 87.9 Å². The van der Waals surface area contributed by atoms with Crippen molar-refractivity contribution >= 4 is 0 Å². The maximum Gasteiger partial charge on any atom is 0.118 e. The van der Waals surface area contributed by atoms with Gasteiger partial charge >= 0.3 is 0 Å². The molecule has 3 rings (SSSR count). The van der Waals surface area contributed by atoms with Crippen LogP contribution < -0.4 is 4.74 Å². The molecular weight excluding hydrogens is 382 g/mol. The zero-order chi connectivity index (χ0) is 21.9. The monoisotopic (exact) mass is 423 g/mol. The molecule has 0 aliphatic carbocycles.